The second-order valence-corrected chi connectivity index (χ2v) is 5.54. The van der Waals surface area contributed by atoms with Crippen molar-refractivity contribution in [2.75, 3.05) is 11.9 Å². The van der Waals surface area contributed by atoms with Crippen molar-refractivity contribution in [3.8, 4) is 11.6 Å². The van der Waals surface area contributed by atoms with Crippen LogP contribution in [0.5, 0.6) is 11.6 Å². The van der Waals surface area contributed by atoms with Crippen LogP contribution in [0.25, 0.3) is 0 Å². The number of rotatable bonds is 5. The minimum Gasteiger partial charge on any atom is -0.439 e. The highest BCUT2D eigenvalue weighted by Crippen LogP contribution is 2.29. The summed E-state index contributed by atoms with van der Waals surface area (Å²) in [6.07, 6.45) is 0. The predicted octanol–water partition coefficient (Wildman–Crippen LogP) is 4.79. The lowest BCUT2D eigenvalue weighted by Gasteiger charge is -2.15. The summed E-state index contributed by atoms with van der Waals surface area (Å²) in [5, 5.41) is 3.93. The maximum atomic E-state index is 5.89. The van der Waals surface area contributed by atoms with Gasteiger partial charge in [0.2, 0.25) is 5.88 Å². The monoisotopic (exact) mass is 305 g/mol. The van der Waals surface area contributed by atoms with Gasteiger partial charge < -0.3 is 10.1 Å². The summed E-state index contributed by atoms with van der Waals surface area (Å²) < 4.78 is 5.89. The fraction of sp³-hybridized carbons (Fsp3) is 0.375. The summed E-state index contributed by atoms with van der Waals surface area (Å²) in [6, 6.07) is 7.24. The lowest BCUT2D eigenvalue weighted by atomic mass is 10.2. The Morgan fingerprint density at radius 1 is 1.19 bits per heavy atom. The molecule has 2 aromatic rings. The van der Waals surface area contributed by atoms with E-state index >= 15 is 0 Å². The quantitative estimate of drug-likeness (QED) is 0.863. The highest BCUT2D eigenvalue weighted by atomic mass is 35.5. The third kappa shape index (κ3) is 3.85. The van der Waals surface area contributed by atoms with Crippen LogP contribution in [0, 0.1) is 6.92 Å². The van der Waals surface area contributed by atoms with Crippen molar-refractivity contribution in [2.24, 2.45) is 0 Å². The van der Waals surface area contributed by atoms with Gasteiger partial charge in [0.15, 0.2) is 0 Å². The van der Waals surface area contributed by atoms with Gasteiger partial charge in [0.05, 0.1) is 5.56 Å². The molecule has 0 bridgehead atoms. The SMILES string of the molecule is CCNc1nc(C(C)C)nc(Oc2ccc(Cl)cc2)c1C. The summed E-state index contributed by atoms with van der Waals surface area (Å²) in [5.74, 6) is 3.10. The molecule has 1 heterocycles. The number of aromatic nitrogens is 2. The van der Waals surface area contributed by atoms with Crippen molar-refractivity contribution in [2.45, 2.75) is 33.6 Å². The van der Waals surface area contributed by atoms with E-state index in [1.165, 1.54) is 0 Å². The molecule has 0 radical (unpaired) electrons. The van der Waals surface area contributed by atoms with Crippen LogP contribution in [0.2, 0.25) is 5.02 Å². The van der Waals surface area contributed by atoms with Gasteiger partial charge in [-0.3, -0.25) is 0 Å². The summed E-state index contributed by atoms with van der Waals surface area (Å²) in [7, 11) is 0. The molecule has 0 atom stereocenters. The molecule has 1 aromatic heterocycles. The molecular formula is C16H20ClN3O. The van der Waals surface area contributed by atoms with Crippen molar-refractivity contribution in [3.63, 3.8) is 0 Å². The molecule has 0 unspecified atom stereocenters. The van der Waals surface area contributed by atoms with Crippen LogP contribution in [0.1, 0.15) is 38.1 Å². The molecule has 21 heavy (non-hydrogen) atoms. The first-order valence-electron chi connectivity index (χ1n) is 7.07. The predicted molar refractivity (Wildman–Crippen MR) is 86.5 cm³/mol. The van der Waals surface area contributed by atoms with Gasteiger partial charge in [-0.25, -0.2) is 4.98 Å². The maximum Gasteiger partial charge on any atom is 0.227 e. The van der Waals surface area contributed by atoms with Crippen LogP contribution >= 0.6 is 11.6 Å². The highest BCUT2D eigenvalue weighted by molar-refractivity contribution is 6.30. The zero-order chi connectivity index (χ0) is 15.4. The molecule has 0 spiro atoms. The summed E-state index contributed by atoms with van der Waals surface area (Å²) in [5.41, 5.74) is 0.899. The Balaban J connectivity index is 2.38. The van der Waals surface area contributed by atoms with E-state index in [-0.39, 0.29) is 5.92 Å². The van der Waals surface area contributed by atoms with Crippen LogP contribution in [-0.4, -0.2) is 16.5 Å². The first-order valence-corrected chi connectivity index (χ1v) is 7.45. The Kier molecular flexibility index (Phi) is 5.02. The topological polar surface area (TPSA) is 47.0 Å². The van der Waals surface area contributed by atoms with Gasteiger partial charge >= 0.3 is 0 Å². The Morgan fingerprint density at radius 2 is 1.86 bits per heavy atom. The molecule has 0 saturated heterocycles. The van der Waals surface area contributed by atoms with E-state index in [1.807, 2.05) is 26.0 Å². The smallest absolute Gasteiger partial charge is 0.227 e. The molecule has 112 valence electrons. The minimum absolute atomic E-state index is 0.232. The molecule has 5 heteroatoms. The standard InChI is InChI=1S/C16H20ClN3O/c1-5-18-15-11(4)16(20-14(19-15)10(2)3)21-13-8-6-12(17)7-9-13/h6-10H,5H2,1-4H3,(H,18,19,20). The molecule has 0 aliphatic heterocycles. The summed E-state index contributed by atoms with van der Waals surface area (Å²) in [6.45, 7) is 8.92. The minimum atomic E-state index is 0.232. The average Bonchev–Trinajstić information content (AvgIpc) is 2.45. The fourth-order valence-electron chi connectivity index (χ4n) is 1.82. The van der Waals surface area contributed by atoms with Gasteiger partial charge in [0.25, 0.3) is 0 Å². The third-order valence-corrected chi connectivity index (χ3v) is 3.26. The van der Waals surface area contributed by atoms with E-state index in [2.05, 4.69) is 29.1 Å². The number of hydrogen-bond donors (Lipinski definition) is 1. The zero-order valence-corrected chi connectivity index (χ0v) is 13.5. The molecule has 1 aromatic carbocycles. The number of halogens is 1. The van der Waals surface area contributed by atoms with Gasteiger partial charge in [-0.15, -0.1) is 0 Å². The zero-order valence-electron chi connectivity index (χ0n) is 12.8. The number of anilines is 1. The molecule has 1 N–H and O–H groups in total. The maximum absolute atomic E-state index is 5.89. The van der Waals surface area contributed by atoms with Crippen molar-refractivity contribution >= 4 is 17.4 Å². The van der Waals surface area contributed by atoms with Crippen LogP contribution in [0.15, 0.2) is 24.3 Å². The van der Waals surface area contributed by atoms with Crippen molar-refractivity contribution < 1.29 is 4.74 Å². The van der Waals surface area contributed by atoms with Gasteiger partial charge in [-0.1, -0.05) is 25.4 Å². The first-order chi connectivity index (χ1) is 10.0. The van der Waals surface area contributed by atoms with E-state index < -0.39 is 0 Å². The number of nitrogens with one attached hydrogen (secondary N) is 1. The van der Waals surface area contributed by atoms with Crippen molar-refractivity contribution in [1.29, 1.82) is 0 Å². The number of benzene rings is 1. The second kappa shape index (κ2) is 6.76. The van der Waals surface area contributed by atoms with Crippen LogP contribution < -0.4 is 10.1 Å². The van der Waals surface area contributed by atoms with Crippen LogP contribution in [-0.2, 0) is 0 Å². The van der Waals surface area contributed by atoms with E-state index in [9.17, 15) is 0 Å². The molecule has 2 rings (SSSR count). The molecule has 4 nitrogen and oxygen atoms in total. The molecule has 0 aliphatic carbocycles. The van der Waals surface area contributed by atoms with E-state index in [0.717, 1.165) is 23.8 Å². The lowest BCUT2D eigenvalue weighted by molar-refractivity contribution is 0.453. The molecule has 0 amide bonds. The Labute approximate surface area is 130 Å². The van der Waals surface area contributed by atoms with Crippen molar-refractivity contribution in [1.82, 2.24) is 9.97 Å². The Hall–Kier alpha value is -1.81. The molecule has 0 fully saturated rings. The molecule has 0 aliphatic rings. The summed E-state index contributed by atoms with van der Waals surface area (Å²) >= 11 is 5.89. The van der Waals surface area contributed by atoms with Gasteiger partial charge in [0.1, 0.15) is 17.4 Å². The lowest BCUT2D eigenvalue weighted by Crippen LogP contribution is -2.08. The summed E-state index contributed by atoms with van der Waals surface area (Å²) in [4.78, 5) is 9.08. The molecular weight excluding hydrogens is 286 g/mol. The van der Waals surface area contributed by atoms with Crippen LogP contribution in [0.4, 0.5) is 5.82 Å². The fourth-order valence-corrected chi connectivity index (χ4v) is 1.95. The average molecular weight is 306 g/mol. The Bertz CT molecular complexity index is 612. The van der Waals surface area contributed by atoms with E-state index in [4.69, 9.17) is 16.3 Å². The van der Waals surface area contributed by atoms with E-state index in [1.54, 1.807) is 12.1 Å². The van der Waals surface area contributed by atoms with Gasteiger partial charge in [0, 0.05) is 17.5 Å². The first kappa shape index (κ1) is 15.6. The van der Waals surface area contributed by atoms with Crippen molar-refractivity contribution in [3.05, 3.63) is 40.7 Å². The second-order valence-electron chi connectivity index (χ2n) is 5.10. The van der Waals surface area contributed by atoms with Gasteiger partial charge in [-0.05, 0) is 38.1 Å². The highest BCUT2D eigenvalue weighted by Gasteiger charge is 2.14. The van der Waals surface area contributed by atoms with Gasteiger partial charge in [-0.2, -0.15) is 4.98 Å². The largest absolute Gasteiger partial charge is 0.439 e. The number of hydrogen-bond acceptors (Lipinski definition) is 4. The Morgan fingerprint density at radius 3 is 2.43 bits per heavy atom. The third-order valence-electron chi connectivity index (χ3n) is 3.01. The van der Waals surface area contributed by atoms with E-state index in [0.29, 0.717) is 16.7 Å². The molecule has 0 saturated carbocycles. The number of nitrogens with zero attached hydrogens (tertiary/aromatic N) is 2. The normalized spacial score (nSPS) is 10.8. The number of ether oxygens (including phenoxy) is 1. The van der Waals surface area contributed by atoms with Crippen LogP contribution in [0.3, 0.4) is 0 Å².